The van der Waals surface area contributed by atoms with Crippen molar-refractivity contribution in [2.75, 3.05) is 18.4 Å². The van der Waals surface area contributed by atoms with E-state index in [2.05, 4.69) is 10.6 Å². The number of aliphatic hydroxyl groups is 1. The Morgan fingerprint density at radius 1 is 1.48 bits per heavy atom. The topological polar surface area (TPSA) is 70.6 Å². The zero-order valence-corrected chi connectivity index (χ0v) is 14.7. The van der Waals surface area contributed by atoms with E-state index < -0.39 is 17.3 Å². The van der Waals surface area contributed by atoms with Gasteiger partial charge in [-0.1, -0.05) is 17.7 Å². The van der Waals surface area contributed by atoms with Gasteiger partial charge in [0.25, 0.3) is 0 Å². The van der Waals surface area contributed by atoms with Crippen LogP contribution in [0.15, 0.2) is 18.2 Å². The van der Waals surface area contributed by atoms with Crippen LogP contribution in [0.1, 0.15) is 39.2 Å². The number of ether oxygens (including phenoxy) is 1. The van der Waals surface area contributed by atoms with Crippen LogP contribution in [0.3, 0.4) is 0 Å². The zero-order chi connectivity index (χ0) is 17.1. The van der Waals surface area contributed by atoms with Crippen LogP contribution in [0.5, 0.6) is 0 Å². The molecule has 1 amide bonds. The van der Waals surface area contributed by atoms with Gasteiger partial charge in [0.05, 0.1) is 16.3 Å². The normalized spacial score (nSPS) is 21.8. The van der Waals surface area contributed by atoms with Crippen molar-refractivity contribution in [3.63, 3.8) is 0 Å². The Labute approximate surface area is 142 Å². The number of carbonyl (C=O) groups is 1. The SMILES string of the molecule is CC(C)(C)OC(=O)Nc1ccc(CC2(O)CCCNC2)cc1Cl. The molecule has 1 atom stereocenters. The van der Waals surface area contributed by atoms with Crippen molar-refractivity contribution in [1.82, 2.24) is 5.32 Å². The zero-order valence-electron chi connectivity index (χ0n) is 13.9. The average molecular weight is 341 g/mol. The minimum absolute atomic E-state index is 0.431. The van der Waals surface area contributed by atoms with Crippen molar-refractivity contribution in [1.29, 1.82) is 0 Å². The quantitative estimate of drug-likeness (QED) is 0.789. The number of nitrogens with one attached hydrogen (secondary N) is 2. The Hall–Kier alpha value is -1.30. The van der Waals surface area contributed by atoms with E-state index in [1.807, 2.05) is 6.07 Å². The monoisotopic (exact) mass is 340 g/mol. The molecule has 0 bridgehead atoms. The molecule has 0 spiro atoms. The predicted octanol–water partition coefficient (Wildman–Crippen LogP) is 3.34. The number of rotatable bonds is 3. The van der Waals surface area contributed by atoms with E-state index in [9.17, 15) is 9.90 Å². The van der Waals surface area contributed by atoms with Crippen molar-refractivity contribution in [2.24, 2.45) is 0 Å². The molecule has 1 aromatic carbocycles. The van der Waals surface area contributed by atoms with Crippen LogP contribution in [0.2, 0.25) is 5.02 Å². The van der Waals surface area contributed by atoms with E-state index in [-0.39, 0.29) is 0 Å². The van der Waals surface area contributed by atoms with Gasteiger partial charge in [-0.2, -0.15) is 0 Å². The summed E-state index contributed by atoms with van der Waals surface area (Å²) in [5, 5.41) is 16.8. The van der Waals surface area contributed by atoms with Gasteiger partial charge in [0.2, 0.25) is 0 Å². The molecule has 2 rings (SSSR count). The Kier molecular flexibility index (Phi) is 5.55. The van der Waals surface area contributed by atoms with Gasteiger partial charge in [-0.3, -0.25) is 5.32 Å². The summed E-state index contributed by atoms with van der Waals surface area (Å²) in [5.74, 6) is 0. The first-order valence-corrected chi connectivity index (χ1v) is 8.26. The number of anilines is 1. The van der Waals surface area contributed by atoms with E-state index in [0.29, 0.717) is 23.7 Å². The highest BCUT2D eigenvalue weighted by molar-refractivity contribution is 6.33. The number of hydrogen-bond acceptors (Lipinski definition) is 4. The molecule has 1 aliphatic rings. The Morgan fingerprint density at radius 3 is 2.78 bits per heavy atom. The maximum Gasteiger partial charge on any atom is 0.412 e. The maximum absolute atomic E-state index is 11.8. The molecule has 3 N–H and O–H groups in total. The second-order valence-electron chi connectivity index (χ2n) is 7.12. The molecule has 1 heterocycles. The Morgan fingerprint density at radius 2 is 2.22 bits per heavy atom. The third-order valence-corrected chi connectivity index (χ3v) is 3.96. The minimum atomic E-state index is -0.734. The summed E-state index contributed by atoms with van der Waals surface area (Å²) in [5.41, 5.74) is 0.143. The van der Waals surface area contributed by atoms with Gasteiger partial charge in [-0.15, -0.1) is 0 Å². The fraction of sp³-hybridized carbons (Fsp3) is 0.588. The first-order chi connectivity index (χ1) is 10.7. The van der Waals surface area contributed by atoms with Crippen LogP contribution in [-0.2, 0) is 11.2 Å². The number of benzene rings is 1. The highest BCUT2D eigenvalue weighted by Gasteiger charge is 2.29. The van der Waals surface area contributed by atoms with Crippen LogP contribution in [0, 0.1) is 0 Å². The summed E-state index contributed by atoms with van der Waals surface area (Å²) in [6.45, 7) is 6.94. The van der Waals surface area contributed by atoms with E-state index in [4.69, 9.17) is 16.3 Å². The van der Waals surface area contributed by atoms with Crippen LogP contribution in [0.25, 0.3) is 0 Å². The summed E-state index contributed by atoms with van der Waals surface area (Å²) in [6.07, 6.45) is 1.73. The van der Waals surface area contributed by atoms with E-state index in [0.717, 1.165) is 24.9 Å². The van der Waals surface area contributed by atoms with Crippen molar-refractivity contribution < 1.29 is 14.6 Å². The van der Waals surface area contributed by atoms with Crippen molar-refractivity contribution in [2.45, 2.75) is 51.2 Å². The smallest absolute Gasteiger partial charge is 0.412 e. The lowest BCUT2D eigenvalue weighted by atomic mass is 9.87. The fourth-order valence-electron chi connectivity index (χ4n) is 2.67. The molecule has 6 heteroatoms. The number of piperidine rings is 1. The summed E-state index contributed by atoms with van der Waals surface area (Å²) >= 11 is 6.24. The summed E-state index contributed by atoms with van der Waals surface area (Å²) < 4.78 is 5.21. The third-order valence-electron chi connectivity index (χ3n) is 3.65. The van der Waals surface area contributed by atoms with Gasteiger partial charge >= 0.3 is 6.09 Å². The second kappa shape index (κ2) is 7.07. The van der Waals surface area contributed by atoms with E-state index in [1.165, 1.54) is 0 Å². The van der Waals surface area contributed by atoms with E-state index in [1.54, 1.807) is 32.9 Å². The standard InChI is InChI=1S/C17H25ClN2O3/c1-16(2,3)23-15(21)20-14-6-5-12(9-13(14)18)10-17(22)7-4-8-19-11-17/h5-6,9,19,22H,4,7-8,10-11H2,1-3H3,(H,20,21). The highest BCUT2D eigenvalue weighted by atomic mass is 35.5. The van der Waals surface area contributed by atoms with Gasteiger partial charge in [0, 0.05) is 13.0 Å². The van der Waals surface area contributed by atoms with Crippen molar-refractivity contribution >= 4 is 23.4 Å². The van der Waals surface area contributed by atoms with Crippen molar-refractivity contribution in [3.05, 3.63) is 28.8 Å². The first kappa shape index (κ1) is 18.0. The van der Waals surface area contributed by atoms with Crippen LogP contribution >= 0.6 is 11.6 Å². The Balaban J connectivity index is 2.01. The van der Waals surface area contributed by atoms with Gasteiger partial charge in [-0.05, 0) is 57.9 Å². The molecule has 0 radical (unpaired) electrons. The molecule has 1 aliphatic heterocycles. The molecule has 23 heavy (non-hydrogen) atoms. The molecular weight excluding hydrogens is 316 g/mol. The highest BCUT2D eigenvalue weighted by Crippen LogP contribution is 2.27. The molecule has 1 saturated heterocycles. The van der Waals surface area contributed by atoms with Gasteiger partial charge in [0.15, 0.2) is 0 Å². The largest absolute Gasteiger partial charge is 0.444 e. The first-order valence-electron chi connectivity index (χ1n) is 7.88. The molecule has 1 aromatic rings. The van der Waals surface area contributed by atoms with Crippen LogP contribution in [-0.4, -0.2) is 35.5 Å². The second-order valence-corrected chi connectivity index (χ2v) is 7.53. The van der Waals surface area contributed by atoms with Gasteiger partial charge in [0.1, 0.15) is 5.60 Å². The third kappa shape index (κ3) is 5.68. The van der Waals surface area contributed by atoms with Crippen LogP contribution < -0.4 is 10.6 Å². The molecule has 1 unspecified atom stereocenters. The molecule has 0 aromatic heterocycles. The summed E-state index contributed by atoms with van der Waals surface area (Å²) in [4.78, 5) is 11.8. The number of amides is 1. The number of halogens is 1. The van der Waals surface area contributed by atoms with Gasteiger partial charge < -0.3 is 15.2 Å². The minimum Gasteiger partial charge on any atom is -0.444 e. The molecular formula is C17H25ClN2O3. The molecule has 5 nitrogen and oxygen atoms in total. The summed E-state index contributed by atoms with van der Waals surface area (Å²) in [6, 6.07) is 5.38. The average Bonchev–Trinajstić information content (AvgIpc) is 2.40. The van der Waals surface area contributed by atoms with Gasteiger partial charge in [-0.25, -0.2) is 4.79 Å². The maximum atomic E-state index is 11.8. The Bertz CT molecular complexity index is 563. The number of carbonyl (C=O) groups excluding carboxylic acids is 1. The van der Waals surface area contributed by atoms with Crippen molar-refractivity contribution in [3.8, 4) is 0 Å². The molecule has 128 valence electrons. The summed E-state index contributed by atoms with van der Waals surface area (Å²) in [7, 11) is 0. The predicted molar refractivity (Wildman–Crippen MR) is 92.1 cm³/mol. The lowest BCUT2D eigenvalue weighted by Crippen LogP contribution is -2.47. The molecule has 0 aliphatic carbocycles. The number of hydrogen-bond donors (Lipinski definition) is 3. The van der Waals surface area contributed by atoms with E-state index >= 15 is 0 Å². The number of β-amino-alcohol motifs (C(OH)–C–C–N with tert-alkyl or cyclic N) is 1. The molecule has 1 fully saturated rings. The fourth-order valence-corrected chi connectivity index (χ4v) is 2.92. The lowest BCUT2D eigenvalue weighted by Gasteiger charge is -2.32. The lowest BCUT2D eigenvalue weighted by molar-refractivity contribution is 0.0169. The molecule has 0 saturated carbocycles. The van der Waals surface area contributed by atoms with Crippen LogP contribution in [0.4, 0.5) is 10.5 Å².